The van der Waals surface area contributed by atoms with Crippen LogP contribution in [0.3, 0.4) is 0 Å². The summed E-state index contributed by atoms with van der Waals surface area (Å²) < 4.78 is 6.74. The molecule has 1 aliphatic rings. The van der Waals surface area contributed by atoms with Crippen molar-refractivity contribution in [3.05, 3.63) is 65.2 Å². The Morgan fingerprint density at radius 1 is 1.17 bits per heavy atom. The highest BCUT2D eigenvalue weighted by atomic mass is 32.1. The Bertz CT molecular complexity index is 956. The number of thiazole rings is 1. The van der Waals surface area contributed by atoms with E-state index >= 15 is 0 Å². The normalized spacial score (nSPS) is 16.9. The van der Waals surface area contributed by atoms with Crippen LogP contribution in [0.25, 0.3) is 10.2 Å². The van der Waals surface area contributed by atoms with Crippen LogP contribution in [0.5, 0.6) is 0 Å². The number of nitrogens with zero attached hydrogens (tertiary/aromatic N) is 2. The third-order valence-electron chi connectivity index (χ3n) is 4.87. The number of hydrogen-bond donors (Lipinski definition) is 1. The van der Waals surface area contributed by atoms with Gasteiger partial charge in [-0.1, -0.05) is 42.5 Å². The first kappa shape index (κ1) is 19.5. The van der Waals surface area contributed by atoms with Crippen molar-refractivity contribution < 1.29 is 14.3 Å². The number of carbonyl (C=O) groups is 2. The third-order valence-corrected chi connectivity index (χ3v) is 5.96. The second kappa shape index (κ2) is 9.15. The van der Waals surface area contributed by atoms with Crippen LogP contribution in [0.15, 0.2) is 54.6 Å². The topological polar surface area (TPSA) is 71.5 Å². The van der Waals surface area contributed by atoms with Gasteiger partial charge in [0.1, 0.15) is 6.61 Å². The number of aryl methyl sites for hydroxylation is 1. The predicted octanol–water partition coefficient (Wildman–Crippen LogP) is 2.77. The Morgan fingerprint density at radius 2 is 1.97 bits per heavy atom. The Labute approximate surface area is 173 Å². The molecular formula is C22H23N3O3S. The molecule has 0 radical (unpaired) electrons. The number of ether oxygens (including phenoxy) is 1. The molecule has 1 unspecified atom stereocenters. The Balaban J connectivity index is 1.23. The molecular weight excluding hydrogens is 386 g/mol. The van der Waals surface area contributed by atoms with Gasteiger partial charge in [0, 0.05) is 32.5 Å². The number of para-hydroxylation sites is 1. The molecule has 2 aromatic carbocycles. The first-order valence-corrected chi connectivity index (χ1v) is 10.5. The fraction of sp³-hybridized carbons (Fsp3) is 0.318. The molecule has 7 heteroatoms. The quantitative estimate of drug-likeness (QED) is 0.651. The van der Waals surface area contributed by atoms with Crippen molar-refractivity contribution in [1.29, 1.82) is 0 Å². The fourth-order valence-corrected chi connectivity index (χ4v) is 4.29. The highest BCUT2D eigenvalue weighted by molar-refractivity contribution is 7.18. The van der Waals surface area contributed by atoms with E-state index in [0.29, 0.717) is 32.5 Å². The van der Waals surface area contributed by atoms with Gasteiger partial charge in [-0.15, -0.1) is 11.3 Å². The van der Waals surface area contributed by atoms with E-state index in [1.165, 1.54) is 0 Å². The maximum atomic E-state index is 12.2. The lowest BCUT2D eigenvalue weighted by Crippen LogP contribution is -2.50. The number of morpholine rings is 1. The molecule has 150 valence electrons. The molecule has 2 amide bonds. The summed E-state index contributed by atoms with van der Waals surface area (Å²) in [6.45, 7) is 1.49. The summed E-state index contributed by atoms with van der Waals surface area (Å²) in [5.74, 6) is -0.0494. The Kier molecular flexibility index (Phi) is 6.17. The number of hydrogen-bond acceptors (Lipinski definition) is 5. The summed E-state index contributed by atoms with van der Waals surface area (Å²) in [5, 5.41) is 3.90. The molecule has 3 aromatic rings. The van der Waals surface area contributed by atoms with Crippen molar-refractivity contribution in [1.82, 2.24) is 15.2 Å². The second-order valence-corrected chi connectivity index (χ2v) is 8.19. The van der Waals surface area contributed by atoms with E-state index in [1.807, 2.05) is 54.6 Å². The lowest BCUT2D eigenvalue weighted by Gasteiger charge is -2.33. The number of nitrogens with one attached hydrogen (secondary N) is 1. The third kappa shape index (κ3) is 5.19. The van der Waals surface area contributed by atoms with Crippen LogP contribution in [0.1, 0.15) is 17.0 Å². The summed E-state index contributed by atoms with van der Waals surface area (Å²) in [4.78, 5) is 30.7. The highest BCUT2D eigenvalue weighted by Gasteiger charge is 2.26. The molecule has 0 spiro atoms. The van der Waals surface area contributed by atoms with Crippen molar-refractivity contribution in [3.8, 4) is 0 Å². The zero-order chi connectivity index (χ0) is 20.1. The van der Waals surface area contributed by atoms with Crippen molar-refractivity contribution in [2.24, 2.45) is 0 Å². The molecule has 6 nitrogen and oxygen atoms in total. The second-order valence-electron chi connectivity index (χ2n) is 7.07. The Morgan fingerprint density at radius 3 is 2.79 bits per heavy atom. The number of fused-ring (bicyclic) bond motifs is 1. The zero-order valence-corrected chi connectivity index (χ0v) is 16.9. The van der Waals surface area contributed by atoms with E-state index in [9.17, 15) is 9.59 Å². The maximum Gasteiger partial charge on any atom is 0.248 e. The van der Waals surface area contributed by atoms with Gasteiger partial charge in [0.2, 0.25) is 11.8 Å². The SMILES string of the molecule is O=C(CCc1nc2ccccc2s1)NCC1CN(Cc2ccccc2)C(=O)CO1. The molecule has 1 atom stereocenters. The molecule has 2 heterocycles. The van der Waals surface area contributed by atoms with E-state index in [1.54, 1.807) is 16.2 Å². The minimum Gasteiger partial charge on any atom is -0.365 e. The van der Waals surface area contributed by atoms with Crippen LogP contribution in [0.2, 0.25) is 0 Å². The lowest BCUT2D eigenvalue weighted by molar-refractivity contribution is -0.149. The van der Waals surface area contributed by atoms with E-state index in [2.05, 4.69) is 10.3 Å². The monoisotopic (exact) mass is 409 g/mol. The largest absolute Gasteiger partial charge is 0.365 e. The summed E-state index contributed by atoms with van der Waals surface area (Å²) >= 11 is 1.63. The molecule has 0 saturated carbocycles. The van der Waals surface area contributed by atoms with Gasteiger partial charge in [-0.05, 0) is 17.7 Å². The number of aromatic nitrogens is 1. The van der Waals surface area contributed by atoms with E-state index in [0.717, 1.165) is 20.8 Å². The summed E-state index contributed by atoms with van der Waals surface area (Å²) in [7, 11) is 0. The van der Waals surface area contributed by atoms with Gasteiger partial charge in [-0.2, -0.15) is 0 Å². The summed E-state index contributed by atoms with van der Waals surface area (Å²) in [6, 6.07) is 17.9. The van der Waals surface area contributed by atoms with Crippen LogP contribution in [0.4, 0.5) is 0 Å². The molecule has 1 aromatic heterocycles. The van der Waals surface area contributed by atoms with Crippen LogP contribution in [0, 0.1) is 0 Å². The minimum absolute atomic E-state index is 0.0211. The Hall–Kier alpha value is -2.77. The maximum absolute atomic E-state index is 12.2. The van der Waals surface area contributed by atoms with Gasteiger partial charge >= 0.3 is 0 Å². The first-order valence-electron chi connectivity index (χ1n) is 9.72. The molecule has 0 aliphatic carbocycles. The fourth-order valence-electron chi connectivity index (χ4n) is 3.32. The number of benzene rings is 2. The first-order chi connectivity index (χ1) is 14.2. The number of rotatable bonds is 7. The van der Waals surface area contributed by atoms with Gasteiger partial charge < -0.3 is 15.0 Å². The van der Waals surface area contributed by atoms with Crippen LogP contribution in [-0.2, 0) is 27.3 Å². The number of carbonyl (C=O) groups excluding carboxylic acids is 2. The summed E-state index contributed by atoms with van der Waals surface area (Å²) in [5.41, 5.74) is 2.06. The molecule has 1 fully saturated rings. The van der Waals surface area contributed by atoms with Crippen molar-refractivity contribution >= 4 is 33.4 Å². The molecule has 1 aliphatic heterocycles. The average molecular weight is 410 g/mol. The van der Waals surface area contributed by atoms with Gasteiger partial charge in [0.25, 0.3) is 0 Å². The van der Waals surface area contributed by atoms with Crippen molar-refractivity contribution in [3.63, 3.8) is 0 Å². The zero-order valence-electron chi connectivity index (χ0n) is 16.0. The molecule has 0 bridgehead atoms. The van der Waals surface area contributed by atoms with Gasteiger partial charge in [0.15, 0.2) is 0 Å². The van der Waals surface area contributed by atoms with Gasteiger partial charge in [0.05, 0.1) is 21.3 Å². The molecule has 1 saturated heterocycles. The average Bonchev–Trinajstić information content (AvgIpc) is 3.16. The molecule has 29 heavy (non-hydrogen) atoms. The van der Waals surface area contributed by atoms with Crippen molar-refractivity contribution in [2.45, 2.75) is 25.5 Å². The van der Waals surface area contributed by atoms with Crippen LogP contribution in [-0.4, -0.2) is 47.5 Å². The molecule has 1 N–H and O–H groups in total. The van der Waals surface area contributed by atoms with Crippen LogP contribution >= 0.6 is 11.3 Å². The van der Waals surface area contributed by atoms with E-state index in [4.69, 9.17) is 4.74 Å². The highest BCUT2D eigenvalue weighted by Crippen LogP contribution is 2.22. The standard InChI is InChI=1S/C22H23N3O3S/c26-20(10-11-21-24-18-8-4-5-9-19(18)29-21)23-12-17-14-25(22(27)15-28-17)13-16-6-2-1-3-7-16/h1-9,17H,10-15H2,(H,23,26). The van der Waals surface area contributed by atoms with Crippen LogP contribution < -0.4 is 5.32 Å². The van der Waals surface area contributed by atoms with Crippen molar-refractivity contribution in [2.75, 3.05) is 19.7 Å². The molecule has 4 rings (SSSR count). The smallest absolute Gasteiger partial charge is 0.248 e. The predicted molar refractivity (Wildman–Crippen MR) is 113 cm³/mol. The minimum atomic E-state index is -0.192. The summed E-state index contributed by atoms with van der Waals surface area (Å²) in [6.07, 6.45) is 0.817. The van der Waals surface area contributed by atoms with Gasteiger partial charge in [-0.3, -0.25) is 9.59 Å². The van der Waals surface area contributed by atoms with Gasteiger partial charge in [-0.25, -0.2) is 4.98 Å². The van der Waals surface area contributed by atoms with E-state index < -0.39 is 0 Å². The lowest BCUT2D eigenvalue weighted by atomic mass is 10.2. The van der Waals surface area contributed by atoms with E-state index in [-0.39, 0.29) is 24.5 Å². The number of amides is 2.